The number of carbonyl (C=O) groups excluding carboxylic acids is 4. The molecule has 0 saturated heterocycles. The van der Waals surface area contributed by atoms with Gasteiger partial charge in [0.1, 0.15) is 18.4 Å². The Morgan fingerprint density at radius 3 is 2.09 bits per heavy atom. The largest absolute Gasteiger partial charge is 0.481 e. The number of amides is 2. The fourth-order valence-corrected chi connectivity index (χ4v) is 2.62. The van der Waals surface area contributed by atoms with Crippen molar-refractivity contribution in [3.05, 3.63) is 0 Å². The van der Waals surface area contributed by atoms with Crippen LogP contribution in [-0.4, -0.2) is 84.5 Å². The quantitative estimate of drug-likeness (QED) is 0.174. The molecule has 0 unspecified atom stereocenters. The molecule has 0 fully saturated rings. The lowest BCUT2D eigenvalue weighted by atomic mass is 9.97. The lowest BCUT2D eigenvalue weighted by molar-refractivity contribution is -0.145. The number of ketones is 2. The minimum Gasteiger partial charge on any atom is -0.481 e. The summed E-state index contributed by atoms with van der Waals surface area (Å²) in [6.07, 6.45) is -0.456. The molecule has 0 bridgehead atoms. The summed E-state index contributed by atoms with van der Waals surface area (Å²) in [5.74, 6) is -5.09. The molecule has 0 aromatic carbocycles. The minimum absolute atomic E-state index is 0.00996. The van der Waals surface area contributed by atoms with Gasteiger partial charge in [-0.05, 0) is 19.8 Å². The summed E-state index contributed by atoms with van der Waals surface area (Å²) in [5.41, 5.74) is 0. The van der Waals surface area contributed by atoms with E-state index in [0.29, 0.717) is 19.6 Å². The fourth-order valence-electron chi connectivity index (χ4n) is 2.62. The van der Waals surface area contributed by atoms with Crippen LogP contribution in [0.3, 0.4) is 0 Å². The van der Waals surface area contributed by atoms with E-state index in [-0.39, 0.29) is 63.6 Å². The van der Waals surface area contributed by atoms with Crippen molar-refractivity contribution in [1.82, 2.24) is 10.6 Å². The summed E-state index contributed by atoms with van der Waals surface area (Å²) in [6, 6.07) is -1.25. The molecule has 33 heavy (non-hydrogen) atoms. The van der Waals surface area contributed by atoms with E-state index in [4.69, 9.17) is 14.6 Å². The monoisotopic (exact) mass is 474 g/mol. The summed E-state index contributed by atoms with van der Waals surface area (Å²) >= 11 is 0. The Labute approximate surface area is 192 Å². The van der Waals surface area contributed by atoms with Gasteiger partial charge in [-0.1, -0.05) is 6.92 Å². The number of rotatable bonds is 20. The van der Waals surface area contributed by atoms with Gasteiger partial charge in [0.2, 0.25) is 11.8 Å². The van der Waals surface area contributed by atoms with E-state index in [2.05, 4.69) is 10.6 Å². The number of carboxylic acids is 2. The van der Waals surface area contributed by atoms with E-state index in [1.165, 1.54) is 6.92 Å². The van der Waals surface area contributed by atoms with Crippen LogP contribution in [0.2, 0.25) is 0 Å². The van der Waals surface area contributed by atoms with E-state index >= 15 is 0 Å². The smallest absolute Gasteiger partial charge is 0.326 e. The van der Waals surface area contributed by atoms with E-state index < -0.39 is 35.6 Å². The number of nitrogens with one attached hydrogen (secondary N) is 2. The lowest BCUT2D eigenvalue weighted by Crippen LogP contribution is -2.41. The summed E-state index contributed by atoms with van der Waals surface area (Å²) in [4.78, 5) is 68.6. The first kappa shape index (κ1) is 30.1. The third-order valence-electron chi connectivity index (χ3n) is 4.49. The first-order valence-corrected chi connectivity index (χ1v) is 10.7. The standard InChI is InChI=1S/C21H34N2O10/c1-3-18(26)22-8-9-32-10-11-33-13-16(25)12-15(20(28)29)5-7-19(27)23-17(21(30)31)6-4-14(2)24/h15,17H,3-13H2,1-2H3,(H,22,26)(H,23,27)(H,28,29)(H,30,31)/t15-,17-/m0/s1. The second-order valence-electron chi connectivity index (χ2n) is 7.38. The number of hydrogen-bond acceptors (Lipinski definition) is 8. The van der Waals surface area contributed by atoms with Crippen molar-refractivity contribution in [1.29, 1.82) is 0 Å². The van der Waals surface area contributed by atoms with Crippen molar-refractivity contribution in [3.8, 4) is 0 Å². The fraction of sp³-hybridized carbons (Fsp3) is 0.714. The van der Waals surface area contributed by atoms with Gasteiger partial charge in [0.25, 0.3) is 0 Å². The van der Waals surface area contributed by atoms with Gasteiger partial charge in [-0.25, -0.2) is 4.79 Å². The van der Waals surface area contributed by atoms with Crippen LogP contribution in [0.25, 0.3) is 0 Å². The van der Waals surface area contributed by atoms with Crippen molar-refractivity contribution in [2.75, 3.05) is 33.0 Å². The van der Waals surface area contributed by atoms with Gasteiger partial charge in [0.15, 0.2) is 5.78 Å². The van der Waals surface area contributed by atoms with Crippen LogP contribution in [-0.2, 0) is 38.2 Å². The third kappa shape index (κ3) is 16.4. The Hall–Kier alpha value is -2.86. The molecule has 0 radical (unpaired) electrons. The number of carboxylic acid groups (broad SMARTS) is 2. The number of ether oxygens (including phenoxy) is 2. The molecular formula is C21H34N2O10. The molecule has 0 aliphatic rings. The Morgan fingerprint density at radius 1 is 0.848 bits per heavy atom. The molecule has 12 nitrogen and oxygen atoms in total. The van der Waals surface area contributed by atoms with Crippen LogP contribution >= 0.6 is 0 Å². The molecule has 0 saturated carbocycles. The number of hydrogen-bond donors (Lipinski definition) is 4. The highest BCUT2D eigenvalue weighted by molar-refractivity contribution is 5.86. The van der Waals surface area contributed by atoms with E-state index in [0.717, 1.165) is 0 Å². The number of aliphatic carboxylic acids is 2. The average Bonchev–Trinajstić information content (AvgIpc) is 2.74. The van der Waals surface area contributed by atoms with Gasteiger partial charge < -0.3 is 35.1 Å². The number of carbonyl (C=O) groups is 6. The van der Waals surface area contributed by atoms with E-state index in [1.54, 1.807) is 6.92 Å². The molecule has 2 atom stereocenters. The summed E-state index contributed by atoms with van der Waals surface area (Å²) in [7, 11) is 0. The Morgan fingerprint density at radius 2 is 1.52 bits per heavy atom. The Bertz CT molecular complexity index is 680. The molecule has 0 aromatic heterocycles. The van der Waals surface area contributed by atoms with E-state index in [9.17, 15) is 33.9 Å². The second kappa shape index (κ2) is 17.7. The van der Waals surface area contributed by atoms with Gasteiger partial charge in [-0.3, -0.25) is 19.2 Å². The van der Waals surface area contributed by atoms with Gasteiger partial charge in [0, 0.05) is 32.2 Å². The number of Topliss-reactive ketones (excluding diaryl/α,β-unsaturated/α-hetero) is 2. The molecule has 0 aromatic rings. The zero-order chi connectivity index (χ0) is 25.2. The molecule has 0 spiro atoms. The maximum atomic E-state index is 12.0. The van der Waals surface area contributed by atoms with Crippen LogP contribution in [0.4, 0.5) is 0 Å². The van der Waals surface area contributed by atoms with Gasteiger partial charge in [-0.2, -0.15) is 0 Å². The van der Waals surface area contributed by atoms with Gasteiger partial charge >= 0.3 is 11.9 Å². The molecule has 12 heteroatoms. The lowest BCUT2D eigenvalue weighted by Gasteiger charge is -2.15. The highest BCUT2D eigenvalue weighted by Crippen LogP contribution is 2.13. The van der Waals surface area contributed by atoms with Gasteiger partial charge in [0.05, 0.1) is 25.7 Å². The highest BCUT2D eigenvalue weighted by Gasteiger charge is 2.24. The van der Waals surface area contributed by atoms with E-state index in [1.807, 2.05) is 0 Å². The molecule has 188 valence electrons. The normalized spacial score (nSPS) is 12.4. The topological polar surface area (TPSA) is 185 Å². The van der Waals surface area contributed by atoms with Crippen LogP contribution in [0.15, 0.2) is 0 Å². The summed E-state index contributed by atoms with van der Waals surface area (Å²) in [6.45, 7) is 3.71. The molecule has 0 aliphatic heterocycles. The molecule has 4 N–H and O–H groups in total. The first-order valence-electron chi connectivity index (χ1n) is 10.7. The average molecular weight is 475 g/mol. The molecule has 0 rings (SSSR count). The zero-order valence-electron chi connectivity index (χ0n) is 19.1. The molecule has 0 aliphatic carbocycles. The molecule has 0 heterocycles. The van der Waals surface area contributed by atoms with Crippen LogP contribution in [0, 0.1) is 5.92 Å². The highest BCUT2D eigenvalue weighted by atomic mass is 16.5. The maximum absolute atomic E-state index is 12.0. The zero-order valence-corrected chi connectivity index (χ0v) is 19.1. The molecular weight excluding hydrogens is 440 g/mol. The Kier molecular flexibility index (Phi) is 16.1. The second-order valence-corrected chi connectivity index (χ2v) is 7.38. The SMILES string of the molecule is CCC(=O)NCCOCCOCC(=O)C[C@H](CCC(=O)N[C@@H](CCC(C)=O)C(=O)O)C(=O)O. The predicted molar refractivity (Wildman–Crippen MR) is 114 cm³/mol. The van der Waals surface area contributed by atoms with Crippen LogP contribution < -0.4 is 10.6 Å². The predicted octanol–water partition coefficient (Wildman–Crippen LogP) is -0.0754. The van der Waals surface area contributed by atoms with Crippen LogP contribution in [0.5, 0.6) is 0 Å². The van der Waals surface area contributed by atoms with Crippen molar-refractivity contribution >= 4 is 35.3 Å². The maximum Gasteiger partial charge on any atom is 0.326 e. The van der Waals surface area contributed by atoms with Crippen molar-refractivity contribution in [3.63, 3.8) is 0 Å². The summed E-state index contributed by atoms with van der Waals surface area (Å²) < 4.78 is 10.4. The summed E-state index contributed by atoms with van der Waals surface area (Å²) in [5, 5.41) is 23.3. The Balaban J connectivity index is 4.21. The van der Waals surface area contributed by atoms with Crippen molar-refractivity contribution in [2.24, 2.45) is 5.92 Å². The van der Waals surface area contributed by atoms with Crippen molar-refractivity contribution in [2.45, 2.75) is 58.4 Å². The van der Waals surface area contributed by atoms with Crippen molar-refractivity contribution < 1.29 is 48.5 Å². The molecule has 2 amide bonds. The van der Waals surface area contributed by atoms with Crippen LogP contribution in [0.1, 0.15) is 52.4 Å². The third-order valence-corrected chi connectivity index (χ3v) is 4.49. The first-order chi connectivity index (χ1) is 15.6. The minimum atomic E-state index is -1.29. The van der Waals surface area contributed by atoms with Gasteiger partial charge in [-0.15, -0.1) is 0 Å².